The molecule has 21 heavy (non-hydrogen) atoms. The van der Waals surface area contributed by atoms with Crippen molar-refractivity contribution >= 4 is 0 Å². The average Bonchev–Trinajstić information content (AvgIpc) is 2.54. The van der Waals surface area contributed by atoms with Crippen LogP contribution in [0.2, 0.25) is 0 Å². The summed E-state index contributed by atoms with van der Waals surface area (Å²) in [6.07, 6.45) is 1.18. The summed E-state index contributed by atoms with van der Waals surface area (Å²) in [7, 11) is 0. The van der Waals surface area contributed by atoms with E-state index in [0.29, 0.717) is 17.9 Å². The van der Waals surface area contributed by atoms with Crippen LogP contribution < -0.4 is 5.32 Å². The van der Waals surface area contributed by atoms with E-state index in [1.165, 1.54) is 17.5 Å². The summed E-state index contributed by atoms with van der Waals surface area (Å²) in [5.41, 5.74) is 2.81. The Labute approximate surface area is 129 Å². The third-order valence-corrected chi connectivity index (χ3v) is 4.35. The summed E-state index contributed by atoms with van der Waals surface area (Å²) in [6.45, 7) is 7.97. The Morgan fingerprint density at radius 3 is 1.71 bits per heavy atom. The lowest BCUT2D eigenvalue weighted by atomic mass is 9.78. The molecule has 2 unspecified atom stereocenters. The molecule has 1 heteroatoms. The van der Waals surface area contributed by atoms with Crippen LogP contribution in [0.4, 0.5) is 0 Å². The van der Waals surface area contributed by atoms with Crippen molar-refractivity contribution in [3.8, 4) is 0 Å². The Kier molecular flexibility index (Phi) is 6.01. The monoisotopic (exact) mass is 281 g/mol. The van der Waals surface area contributed by atoms with E-state index in [-0.39, 0.29) is 0 Å². The predicted octanol–water partition coefficient (Wildman–Crippen LogP) is 4.84. The number of hydrogen-bond donors (Lipinski definition) is 1. The molecule has 0 aromatic heterocycles. The van der Waals surface area contributed by atoms with Gasteiger partial charge in [-0.1, -0.05) is 74.5 Å². The Morgan fingerprint density at radius 1 is 0.810 bits per heavy atom. The van der Waals surface area contributed by atoms with Crippen molar-refractivity contribution in [3.63, 3.8) is 0 Å². The molecule has 0 heterocycles. The molecule has 0 aliphatic heterocycles. The number of nitrogens with one attached hydrogen (secondary N) is 1. The maximum absolute atomic E-state index is 3.65. The van der Waals surface area contributed by atoms with Crippen molar-refractivity contribution < 1.29 is 0 Å². The molecule has 2 atom stereocenters. The minimum absolute atomic E-state index is 0.437. The van der Waals surface area contributed by atoms with E-state index in [0.717, 1.165) is 6.54 Å². The van der Waals surface area contributed by atoms with Gasteiger partial charge in [0, 0.05) is 12.0 Å². The van der Waals surface area contributed by atoms with Crippen molar-refractivity contribution in [2.24, 2.45) is 5.92 Å². The highest BCUT2D eigenvalue weighted by Crippen LogP contribution is 2.33. The fourth-order valence-electron chi connectivity index (χ4n) is 2.97. The summed E-state index contributed by atoms with van der Waals surface area (Å²) in [6, 6.07) is 22.2. The summed E-state index contributed by atoms with van der Waals surface area (Å²) in [5.74, 6) is 0.980. The molecule has 0 aliphatic carbocycles. The van der Waals surface area contributed by atoms with Crippen LogP contribution in [0.25, 0.3) is 0 Å². The molecule has 0 fully saturated rings. The molecule has 2 aromatic carbocycles. The fourth-order valence-corrected chi connectivity index (χ4v) is 2.97. The maximum atomic E-state index is 3.65. The van der Waals surface area contributed by atoms with Crippen molar-refractivity contribution in [3.05, 3.63) is 71.8 Å². The molecule has 1 nitrogen and oxygen atoms in total. The van der Waals surface area contributed by atoms with E-state index in [1.807, 2.05) is 0 Å². The van der Waals surface area contributed by atoms with Crippen LogP contribution in [0.3, 0.4) is 0 Å². The van der Waals surface area contributed by atoms with Gasteiger partial charge in [-0.05, 0) is 36.9 Å². The van der Waals surface area contributed by atoms with Gasteiger partial charge in [-0.2, -0.15) is 0 Å². The first-order valence-corrected chi connectivity index (χ1v) is 8.07. The minimum Gasteiger partial charge on any atom is -0.314 e. The van der Waals surface area contributed by atoms with Crippen LogP contribution in [0.1, 0.15) is 44.2 Å². The molecule has 112 valence electrons. The van der Waals surface area contributed by atoms with Gasteiger partial charge < -0.3 is 5.32 Å². The van der Waals surface area contributed by atoms with Gasteiger partial charge in [0.2, 0.25) is 0 Å². The lowest BCUT2D eigenvalue weighted by molar-refractivity contribution is 0.368. The SMILES string of the molecule is CCCNC(C)C(C)C(c1ccccc1)c1ccccc1. The van der Waals surface area contributed by atoms with Gasteiger partial charge >= 0.3 is 0 Å². The van der Waals surface area contributed by atoms with Crippen LogP contribution in [-0.4, -0.2) is 12.6 Å². The Bertz CT molecular complexity index is 466. The number of benzene rings is 2. The lowest BCUT2D eigenvalue weighted by Crippen LogP contribution is -2.36. The molecule has 0 spiro atoms. The van der Waals surface area contributed by atoms with Crippen LogP contribution in [0, 0.1) is 5.92 Å². The predicted molar refractivity (Wildman–Crippen MR) is 91.6 cm³/mol. The van der Waals surface area contributed by atoms with E-state index >= 15 is 0 Å². The van der Waals surface area contributed by atoms with Crippen LogP contribution in [0.5, 0.6) is 0 Å². The third kappa shape index (κ3) is 4.18. The Hall–Kier alpha value is -1.60. The molecule has 1 N–H and O–H groups in total. The van der Waals surface area contributed by atoms with Crippen LogP contribution in [0.15, 0.2) is 60.7 Å². The second-order valence-electron chi connectivity index (χ2n) is 5.90. The van der Waals surface area contributed by atoms with Crippen LogP contribution >= 0.6 is 0 Å². The summed E-state index contributed by atoms with van der Waals surface area (Å²) in [4.78, 5) is 0. The third-order valence-electron chi connectivity index (χ3n) is 4.35. The van der Waals surface area contributed by atoms with Gasteiger partial charge in [0.05, 0.1) is 0 Å². The molecule has 2 rings (SSSR count). The van der Waals surface area contributed by atoms with Crippen molar-refractivity contribution in [1.82, 2.24) is 5.32 Å². The molecule has 0 amide bonds. The quantitative estimate of drug-likeness (QED) is 0.765. The molecular formula is C20H27N. The average molecular weight is 281 g/mol. The van der Waals surface area contributed by atoms with Gasteiger partial charge in [0.25, 0.3) is 0 Å². The van der Waals surface area contributed by atoms with Crippen molar-refractivity contribution in [2.75, 3.05) is 6.54 Å². The fraction of sp³-hybridized carbons (Fsp3) is 0.400. The second-order valence-corrected chi connectivity index (χ2v) is 5.90. The number of hydrogen-bond acceptors (Lipinski definition) is 1. The summed E-state index contributed by atoms with van der Waals surface area (Å²) in [5, 5.41) is 3.65. The normalized spacial score (nSPS) is 14.1. The largest absolute Gasteiger partial charge is 0.314 e. The molecule has 0 saturated heterocycles. The molecule has 2 aromatic rings. The Morgan fingerprint density at radius 2 is 1.29 bits per heavy atom. The van der Waals surface area contributed by atoms with Crippen molar-refractivity contribution in [1.29, 1.82) is 0 Å². The van der Waals surface area contributed by atoms with E-state index in [9.17, 15) is 0 Å². The standard InChI is InChI=1S/C20H27N/c1-4-15-21-17(3)16(2)20(18-11-7-5-8-12-18)19-13-9-6-10-14-19/h5-14,16-17,20-21H,4,15H2,1-3H3. The topological polar surface area (TPSA) is 12.0 Å². The van der Waals surface area contributed by atoms with E-state index in [4.69, 9.17) is 0 Å². The van der Waals surface area contributed by atoms with E-state index in [1.54, 1.807) is 0 Å². The summed E-state index contributed by atoms with van der Waals surface area (Å²) >= 11 is 0. The molecule has 0 bridgehead atoms. The van der Waals surface area contributed by atoms with Gasteiger partial charge in [0.1, 0.15) is 0 Å². The highest BCUT2D eigenvalue weighted by Gasteiger charge is 2.25. The summed E-state index contributed by atoms with van der Waals surface area (Å²) < 4.78 is 0. The highest BCUT2D eigenvalue weighted by atomic mass is 14.9. The van der Waals surface area contributed by atoms with Gasteiger partial charge in [-0.15, -0.1) is 0 Å². The zero-order valence-electron chi connectivity index (χ0n) is 13.4. The first-order valence-electron chi connectivity index (χ1n) is 8.07. The zero-order valence-corrected chi connectivity index (χ0v) is 13.4. The van der Waals surface area contributed by atoms with Gasteiger partial charge in [-0.3, -0.25) is 0 Å². The van der Waals surface area contributed by atoms with E-state index < -0.39 is 0 Å². The van der Waals surface area contributed by atoms with E-state index in [2.05, 4.69) is 86.8 Å². The first kappa shape index (κ1) is 15.8. The molecule has 0 saturated carbocycles. The number of rotatable bonds is 7. The van der Waals surface area contributed by atoms with Gasteiger partial charge in [0.15, 0.2) is 0 Å². The smallest absolute Gasteiger partial charge is 0.0130 e. The zero-order chi connectivity index (χ0) is 15.1. The van der Waals surface area contributed by atoms with Gasteiger partial charge in [-0.25, -0.2) is 0 Å². The molecular weight excluding hydrogens is 254 g/mol. The van der Waals surface area contributed by atoms with Crippen LogP contribution in [-0.2, 0) is 0 Å². The minimum atomic E-state index is 0.437. The molecule has 0 aliphatic rings. The van der Waals surface area contributed by atoms with Crippen molar-refractivity contribution in [2.45, 2.75) is 39.2 Å². The maximum Gasteiger partial charge on any atom is 0.0130 e. The second kappa shape index (κ2) is 7.99. The lowest BCUT2D eigenvalue weighted by Gasteiger charge is -2.30. The first-order chi connectivity index (χ1) is 10.2. The Balaban J connectivity index is 2.28. The highest BCUT2D eigenvalue weighted by molar-refractivity contribution is 5.33. The molecule has 0 radical (unpaired) electrons.